The summed E-state index contributed by atoms with van der Waals surface area (Å²) < 4.78 is 0. The molecule has 1 unspecified atom stereocenters. The average Bonchev–Trinajstić information content (AvgIpc) is 2.30. The van der Waals surface area contributed by atoms with E-state index in [0.717, 1.165) is 0 Å². The Balaban J connectivity index is 2.03. The first-order valence-corrected chi connectivity index (χ1v) is 7.08. The first-order valence-electron chi connectivity index (χ1n) is 7.08. The summed E-state index contributed by atoms with van der Waals surface area (Å²) in [5.74, 6) is 0. The normalized spacial score (nSPS) is 36.2. The fraction of sp³-hybridized carbons (Fsp3) is 1.00. The van der Waals surface area contributed by atoms with Crippen LogP contribution in [0.2, 0.25) is 0 Å². The number of piperazine rings is 1. The van der Waals surface area contributed by atoms with E-state index < -0.39 is 0 Å². The molecule has 1 aliphatic heterocycles. The SMILES string of the molecule is CCC1(C)CN(C2(C)CCCCC2)CCN1. The standard InChI is InChI=1S/C14H28N2/c1-4-13(2)12-16(11-10-15-13)14(3)8-6-5-7-9-14/h15H,4-12H2,1-3H3. The lowest BCUT2D eigenvalue weighted by molar-refractivity contribution is 0.0159. The Kier molecular flexibility index (Phi) is 3.60. The molecule has 0 spiro atoms. The van der Waals surface area contributed by atoms with Crippen molar-refractivity contribution < 1.29 is 0 Å². The molecule has 0 aromatic carbocycles. The van der Waals surface area contributed by atoms with Crippen LogP contribution in [-0.4, -0.2) is 35.6 Å². The van der Waals surface area contributed by atoms with E-state index >= 15 is 0 Å². The lowest BCUT2D eigenvalue weighted by Crippen LogP contribution is -2.64. The molecule has 1 N–H and O–H groups in total. The number of nitrogens with one attached hydrogen (secondary N) is 1. The number of hydrogen-bond acceptors (Lipinski definition) is 2. The largest absolute Gasteiger partial charge is 0.309 e. The van der Waals surface area contributed by atoms with E-state index in [1.165, 1.54) is 58.2 Å². The molecule has 1 saturated heterocycles. The van der Waals surface area contributed by atoms with Crippen LogP contribution in [0.5, 0.6) is 0 Å². The third-order valence-electron chi connectivity index (χ3n) is 4.95. The number of hydrogen-bond donors (Lipinski definition) is 1. The molecule has 1 heterocycles. The van der Waals surface area contributed by atoms with Crippen molar-refractivity contribution in [2.45, 2.75) is 70.4 Å². The highest BCUT2D eigenvalue weighted by molar-refractivity contribution is 4.97. The van der Waals surface area contributed by atoms with Gasteiger partial charge in [-0.2, -0.15) is 0 Å². The molecule has 16 heavy (non-hydrogen) atoms. The molecule has 0 radical (unpaired) electrons. The van der Waals surface area contributed by atoms with Crippen LogP contribution in [0.4, 0.5) is 0 Å². The third kappa shape index (κ3) is 2.43. The summed E-state index contributed by atoms with van der Waals surface area (Å²) in [6.45, 7) is 10.8. The van der Waals surface area contributed by atoms with Gasteiger partial charge < -0.3 is 5.32 Å². The van der Waals surface area contributed by atoms with Crippen LogP contribution in [0.3, 0.4) is 0 Å². The maximum atomic E-state index is 3.69. The van der Waals surface area contributed by atoms with Gasteiger partial charge in [-0.15, -0.1) is 0 Å². The van der Waals surface area contributed by atoms with Crippen LogP contribution in [0.15, 0.2) is 0 Å². The number of nitrogens with zero attached hydrogens (tertiary/aromatic N) is 1. The predicted molar refractivity (Wildman–Crippen MR) is 69.8 cm³/mol. The van der Waals surface area contributed by atoms with Gasteiger partial charge in [0.05, 0.1) is 0 Å². The fourth-order valence-corrected chi connectivity index (χ4v) is 3.38. The van der Waals surface area contributed by atoms with Gasteiger partial charge in [-0.3, -0.25) is 4.90 Å². The van der Waals surface area contributed by atoms with Gasteiger partial charge in [-0.05, 0) is 33.1 Å². The summed E-state index contributed by atoms with van der Waals surface area (Å²) >= 11 is 0. The Labute approximate surface area is 101 Å². The molecule has 1 aliphatic carbocycles. The molecule has 94 valence electrons. The summed E-state index contributed by atoms with van der Waals surface area (Å²) in [5.41, 5.74) is 0.843. The molecule has 1 atom stereocenters. The number of rotatable bonds is 2. The minimum absolute atomic E-state index is 0.346. The molecule has 0 bridgehead atoms. The second-order valence-electron chi connectivity index (χ2n) is 6.32. The molecule has 2 fully saturated rings. The highest BCUT2D eigenvalue weighted by Crippen LogP contribution is 2.35. The summed E-state index contributed by atoms with van der Waals surface area (Å²) in [6, 6.07) is 0. The Hall–Kier alpha value is -0.0800. The zero-order valence-electron chi connectivity index (χ0n) is 11.3. The van der Waals surface area contributed by atoms with Crippen molar-refractivity contribution in [1.29, 1.82) is 0 Å². The van der Waals surface area contributed by atoms with Crippen molar-refractivity contribution in [3.05, 3.63) is 0 Å². The quantitative estimate of drug-likeness (QED) is 0.776. The second-order valence-corrected chi connectivity index (χ2v) is 6.32. The zero-order valence-corrected chi connectivity index (χ0v) is 11.3. The van der Waals surface area contributed by atoms with Crippen molar-refractivity contribution in [2.24, 2.45) is 0 Å². The van der Waals surface area contributed by atoms with Gasteiger partial charge in [0, 0.05) is 30.7 Å². The van der Waals surface area contributed by atoms with Crippen molar-refractivity contribution in [3.63, 3.8) is 0 Å². The van der Waals surface area contributed by atoms with E-state index in [1.807, 2.05) is 0 Å². The van der Waals surface area contributed by atoms with E-state index in [1.54, 1.807) is 0 Å². The van der Waals surface area contributed by atoms with Crippen LogP contribution in [0.1, 0.15) is 59.3 Å². The molecule has 0 amide bonds. The topological polar surface area (TPSA) is 15.3 Å². The average molecular weight is 224 g/mol. The van der Waals surface area contributed by atoms with Crippen LogP contribution in [0, 0.1) is 0 Å². The fourth-order valence-electron chi connectivity index (χ4n) is 3.38. The summed E-state index contributed by atoms with van der Waals surface area (Å²) in [6.07, 6.45) is 8.37. The van der Waals surface area contributed by atoms with E-state index in [-0.39, 0.29) is 0 Å². The monoisotopic (exact) mass is 224 g/mol. The van der Waals surface area contributed by atoms with Crippen molar-refractivity contribution in [3.8, 4) is 0 Å². The van der Waals surface area contributed by atoms with Crippen molar-refractivity contribution >= 4 is 0 Å². The second kappa shape index (κ2) is 4.66. The van der Waals surface area contributed by atoms with Crippen LogP contribution in [0.25, 0.3) is 0 Å². The molecule has 2 nitrogen and oxygen atoms in total. The van der Waals surface area contributed by atoms with Crippen molar-refractivity contribution in [1.82, 2.24) is 10.2 Å². The lowest BCUT2D eigenvalue weighted by Gasteiger charge is -2.51. The summed E-state index contributed by atoms with van der Waals surface area (Å²) in [7, 11) is 0. The molecular formula is C14H28N2. The van der Waals surface area contributed by atoms with E-state index in [0.29, 0.717) is 11.1 Å². The van der Waals surface area contributed by atoms with Crippen LogP contribution >= 0.6 is 0 Å². The van der Waals surface area contributed by atoms with Crippen molar-refractivity contribution in [2.75, 3.05) is 19.6 Å². The first-order chi connectivity index (χ1) is 7.58. The Morgan fingerprint density at radius 1 is 1.12 bits per heavy atom. The maximum absolute atomic E-state index is 3.69. The molecule has 1 saturated carbocycles. The summed E-state index contributed by atoms with van der Waals surface area (Å²) in [4.78, 5) is 2.77. The van der Waals surface area contributed by atoms with Gasteiger partial charge in [0.25, 0.3) is 0 Å². The van der Waals surface area contributed by atoms with Crippen LogP contribution in [-0.2, 0) is 0 Å². The first kappa shape index (κ1) is 12.4. The Bertz CT molecular complexity index is 233. The molecule has 2 rings (SSSR count). The molecule has 2 heteroatoms. The maximum Gasteiger partial charge on any atom is 0.0278 e. The Morgan fingerprint density at radius 2 is 1.81 bits per heavy atom. The predicted octanol–water partition coefficient (Wildman–Crippen LogP) is 2.78. The minimum atomic E-state index is 0.346. The summed E-state index contributed by atoms with van der Waals surface area (Å²) in [5, 5.41) is 3.69. The van der Waals surface area contributed by atoms with Gasteiger partial charge in [0.15, 0.2) is 0 Å². The van der Waals surface area contributed by atoms with E-state index in [9.17, 15) is 0 Å². The lowest BCUT2D eigenvalue weighted by atomic mass is 9.80. The van der Waals surface area contributed by atoms with Gasteiger partial charge in [0.1, 0.15) is 0 Å². The van der Waals surface area contributed by atoms with Gasteiger partial charge in [0.2, 0.25) is 0 Å². The van der Waals surface area contributed by atoms with E-state index in [4.69, 9.17) is 0 Å². The minimum Gasteiger partial charge on any atom is -0.309 e. The molecule has 0 aromatic rings. The molecule has 2 aliphatic rings. The third-order valence-corrected chi connectivity index (χ3v) is 4.95. The molecular weight excluding hydrogens is 196 g/mol. The Morgan fingerprint density at radius 3 is 2.44 bits per heavy atom. The van der Waals surface area contributed by atoms with Gasteiger partial charge in [-0.1, -0.05) is 26.2 Å². The highest BCUT2D eigenvalue weighted by Gasteiger charge is 2.39. The zero-order chi connectivity index (χ0) is 11.6. The van der Waals surface area contributed by atoms with Crippen LogP contribution < -0.4 is 5.32 Å². The van der Waals surface area contributed by atoms with E-state index in [2.05, 4.69) is 31.0 Å². The molecule has 0 aromatic heterocycles. The smallest absolute Gasteiger partial charge is 0.0278 e. The van der Waals surface area contributed by atoms with Gasteiger partial charge in [-0.25, -0.2) is 0 Å². The van der Waals surface area contributed by atoms with Gasteiger partial charge >= 0.3 is 0 Å². The highest BCUT2D eigenvalue weighted by atomic mass is 15.3.